The van der Waals surface area contributed by atoms with Gasteiger partial charge in [-0.15, -0.1) is 0 Å². The van der Waals surface area contributed by atoms with Gasteiger partial charge in [-0.25, -0.2) is 9.59 Å². The highest BCUT2D eigenvalue weighted by atomic mass is 35.5. The van der Waals surface area contributed by atoms with E-state index in [1.54, 1.807) is 4.90 Å². The molecule has 2 aromatic rings. The third-order valence-electron chi connectivity index (χ3n) is 7.87. The molecule has 3 saturated heterocycles. The van der Waals surface area contributed by atoms with Crippen LogP contribution in [0.5, 0.6) is 0 Å². The number of hydrogen-bond donors (Lipinski definition) is 1. The van der Waals surface area contributed by atoms with E-state index in [1.807, 2.05) is 0 Å². The second-order valence-corrected chi connectivity index (χ2v) is 10.5. The van der Waals surface area contributed by atoms with Crippen LogP contribution in [-0.2, 0) is 6.54 Å². The van der Waals surface area contributed by atoms with Crippen LogP contribution in [0.15, 0.2) is 24.4 Å². The fourth-order valence-electron chi connectivity index (χ4n) is 5.75. The molecule has 0 aliphatic carbocycles. The third kappa shape index (κ3) is 4.53. The topological polar surface area (TPSA) is 81.9 Å². The van der Waals surface area contributed by atoms with Crippen molar-refractivity contribution in [2.24, 2.45) is 5.41 Å². The fraction of sp³-hybridized carbons (Fsp3) is 0.560. The average Bonchev–Trinajstić information content (AvgIpc) is 3.56. The standard InChI is InChI=1S/C25H32ClN5O3/c1-18-14-20(29-9-2-3-10-29)5-4-19(18)15-28-11-6-25(17-28)7-12-30(13-8-25)24(34)31-16-21(26)22(27-31)23(32)33/h4-5,14,16H,2-3,6-13,15,17H2,1H3,(H,32,33). The van der Waals surface area contributed by atoms with Crippen LogP contribution in [0, 0.1) is 12.3 Å². The second kappa shape index (κ2) is 9.23. The smallest absolute Gasteiger partial charge is 0.357 e. The maximum Gasteiger partial charge on any atom is 0.357 e. The minimum atomic E-state index is -1.24. The SMILES string of the molecule is Cc1cc(N2CCCC2)ccc1CN1CCC2(CCN(C(=O)n3cc(Cl)c(C(=O)O)n3)CC2)C1. The molecule has 182 valence electrons. The fourth-order valence-corrected chi connectivity index (χ4v) is 5.97. The molecule has 5 rings (SSSR count). The number of carboxylic acid groups (broad SMARTS) is 1. The minimum Gasteiger partial charge on any atom is -0.476 e. The normalized spacial score (nSPS) is 20.4. The van der Waals surface area contributed by atoms with Crippen LogP contribution >= 0.6 is 11.6 Å². The van der Waals surface area contributed by atoms with Crippen LogP contribution in [0.25, 0.3) is 0 Å². The van der Waals surface area contributed by atoms with E-state index in [0.717, 1.165) is 43.6 Å². The maximum atomic E-state index is 12.8. The van der Waals surface area contributed by atoms with E-state index in [-0.39, 0.29) is 22.2 Å². The number of carboxylic acids is 1. The zero-order valence-corrected chi connectivity index (χ0v) is 20.4. The van der Waals surface area contributed by atoms with Crippen molar-refractivity contribution in [3.63, 3.8) is 0 Å². The first-order valence-corrected chi connectivity index (χ1v) is 12.6. The molecule has 3 aliphatic heterocycles. The quantitative estimate of drug-likeness (QED) is 0.702. The van der Waals surface area contributed by atoms with Gasteiger partial charge in [0, 0.05) is 45.0 Å². The van der Waals surface area contributed by atoms with Gasteiger partial charge in [-0.2, -0.15) is 9.78 Å². The van der Waals surface area contributed by atoms with Crippen LogP contribution in [0.4, 0.5) is 10.5 Å². The van der Waals surface area contributed by atoms with E-state index in [2.05, 4.69) is 40.0 Å². The van der Waals surface area contributed by atoms with Crippen molar-refractivity contribution >= 4 is 29.3 Å². The number of hydrogen-bond acceptors (Lipinski definition) is 5. The van der Waals surface area contributed by atoms with Crippen LogP contribution in [0.3, 0.4) is 0 Å². The largest absolute Gasteiger partial charge is 0.476 e. The molecule has 9 heteroatoms. The number of aromatic carboxylic acids is 1. The number of likely N-dealkylation sites (tertiary alicyclic amines) is 2. The first-order valence-electron chi connectivity index (χ1n) is 12.2. The van der Waals surface area contributed by atoms with Crippen molar-refractivity contribution in [3.05, 3.63) is 46.2 Å². The highest BCUT2D eigenvalue weighted by Gasteiger charge is 2.41. The minimum absolute atomic E-state index is 0.0236. The Morgan fingerprint density at radius 3 is 2.44 bits per heavy atom. The number of piperidine rings is 1. The summed E-state index contributed by atoms with van der Waals surface area (Å²) in [5, 5.41) is 13.0. The number of carbonyl (C=O) groups is 2. The molecule has 4 heterocycles. The highest BCUT2D eigenvalue weighted by molar-refractivity contribution is 6.33. The van der Waals surface area contributed by atoms with Crippen LogP contribution < -0.4 is 4.90 Å². The first kappa shape index (κ1) is 23.2. The van der Waals surface area contributed by atoms with Gasteiger partial charge in [0.15, 0.2) is 5.69 Å². The summed E-state index contributed by atoms with van der Waals surface area (Å²) in [6, 6.07) is 6.61. The molecule has 34 heavy (non-hydrogen) atoms. The molecule has 0 radical (unpaired) electrons. The number of anilines is 1. The molecule has 0 bridgehead atoms. The van der Waals surface area contributed by atoms with Gasteiger partial charge in [-0.05, 0) is 74.2 Å². The van der Waals surface area contributed by atoms with Gasteiger partial charge in [0.05, 0.1) is 11.2 Å². The monoisotopic (exact) mass is 485 g/mol. The van der Waals surface area contributed by atoms with E-state index in [4.69, 9.17) is 16.7 Å². The summed E-state index contributed by atoms with van der Waals surface area (Å²) >= 11 is 5.91. The second-order valence-electron chi connectivity index (χ2n) is 10.1. The lowest BCUT2D eigenvalue weighted by molar-refractivity contribution is 0.0690. The zero-order valence-electron chi connectivity index (χ0n) is 19.7. The summed E-state index contributed by atoms with van der Waals surface area (Å²) in [6.07, 6.45) is 6.91. The Kier molecular flexibility index (Phi) is 6.29. The van der Waals surface area contributed by atoms with Gasteiger partial charge in [0.2, 0.25) is 0 Å². The number of benzene rings is 1. The Morgan fingerprint density at radius 2 is 1.79 bits per heavy atom. The molecule has 1 amide bonds. The summed E-state index contributed by atoms with van der Waals surface area (Å²) in [4.78, 5) is 30.8. The Morgan fingerprint density at radius 1 is 1.09 bits per heavy atom. The van der Waals surface area contributed by atoms with E-state index in [9.17, 15) is 9.59 Å². The average molecular weight is 486 g/mol. The molecule has 1 aromatic carbocycles. The number of halogens is 1. The van der Waals surface area contributed by atoms with Gasteiger partial charge in [-0.3, -0.25) is 4.90 Å². The van der Waals surface area contributed by atoms with Gasteiger partial charge in [-0.1, -0.05) is 17.7 Å². The lowest BCUT2D eigenvalue weighted by Gasteiger charge is -2.39. The molecular formula is C25H32ClN5O3. The first-order chi connectivity index (χ1) is 16.3. The Labute approximate surface area is 205 Å². The van der Waals surface area contributed by atoms with E-state index in [0.29, 0.717) is 13.1 Å². The molecule has 1 spiro atoms. The zero-order chi connectivity index (χ0) is 23.9. The number of aromatic nitrogens is 2. The molecule has 1 aromatic heterocycles. The highest BCUT2D eigenvalue weighted by Crippen LogP contribution is 2.41. The summed E-state index contributed by atoms with van der Waals surface area (Å²) in [6.45, 7) is 8.97. The molecule has 1 N–H and O–H groups in total. The molecular weight excluding hydrogens is 454 g/mol. The van der Waals surface area contributed by atoms with E-state index < -0.39 is 5.97 Å². The van der Waals surface area contributed by atoms with Gasteiger partial charge < -0.3 is 14.9 Å². The lowest BCUT2D eigenvalue weighted by atomic mass is 9.78. The molecule has 0 unspecified atom stereocenters. The van der Waals surface area contributed by atoms with Crippen molar-refractivity contribution in [2.45, 2.75) is 45.6 Å². The van der Waals surface area contributed by atoms with Crippen LogP contribution in [-0.4, -0.2) is 76.0 Å². The number of aryl methyl sites for hydroxylation is 1. The number of amides is 1. The number of carbonyl (C=O) groups excluding carboxylic acids is 1. The van der Waals surface area contributed by atoms with Crippen molar-refractivity contribution in [2.75, 3.05) is 44.2 Å². The van der Waals surface area contributed by atoms with Gasteiger partial charge in [0.1, 0.15) is 0 Å². The van der Waals surface area contributed by atoms with Gasteiger partial charge >= 0.3 is 12.0 Å². The lowest BCUT2D eigenvalue weighted by Crippen LogP contribution is -2.45. The molecule has 0 saturated carbocycles. The van der Waals surface area contributed by atoms with E-state index in [1.165, 1.54) is 48.9 Å². The molecule has 8 nitrogen and oxygen atoms in total. The van der Waals surface area contributed by atoms with Crippen molar-refractivity contribution < 1.29 is 14.7 Å². The van der Waals surface area contributed by atoms with Crippen molar-refractivity contribution in [1.29, 1.82) is 0 Å². The Bertz CT molecular complexity index is 1090. The molecule has 3 aliphatic rings. The van der Waals surface area contributed by atoms with Crippen molar-refractivity contribution in [1.82, 2.24) is 19.6 Å². The van der Waals surface area contributed by atoms with Crippen LogP contribution in [0.1, 0.15) is 53.7 Å². The van der Waals surface area contributed by atoms with E-state index >= 15 is 0 Å². The predicted molar refractivity (Wildman–Crippen MR) is 131 cm³/mol. The summed E-state index contributed by atoms with van der Waals surface area (Å²) in [5.41, 5.74) is 4.07. The summed E-state index contributed by atoms with van der Waals surface area (Å²) in [5.74, 6) is -1.24. The maximum absolute atomic E-state index is 12.8. The summed E-state index contributed by atoms with van der Waals surface area (Å²) in [7, 11) is 0. The van der Waals surface area contributed by atoms with Crippen molar-refractivity contribution in [3.8, 4) is 0 Å². The van der Waals surface area contributed by atoms with Gasteiger partial charge in [0.25, 0.3) is 0 Å². The number of nitrogens with zero attached hydrogens (tertiary/aromatic N) is 5. The Hall–Kier alpha value is -2.58. The number of rotatable bonds is 4. The third-order valence-corrected chi connectivity index (χ3v) is 8.15. The molecule has 0 atom stereocenters. The predicted octanol–water partition coefficient (Wildman–Crippen LogP) is 4.10. The Balaban J connectivity index is 1.17. The summed E-state index contributed by atoms with van der Waals surface area (Å²) < 4.78 is 1.05. The molecule has 3 fully saturated rings. The van der Waals surface area contributed by atoms with Crippen LogP contribution in [0.2, 0.25) is 5.02 Å².